The number of aryl methyl sites for hydroxylation is 1. The Labute approximate surface area is 152 Å². The van der Waals surface area contributed by atoms with Crippen LogP contribution in [0.3, 0.4) is 0 Å². The summed E-state index contributed by atoms with van der Waals surface area (Å²) in [5, 5.41) is 3.23. The number of likely N-dealkylation sites (N-methyl/N-ethyl adjacent to an activating group) is 1. The summed E-state index contributed by atoms with van der Waals surface area (Å²) in [6, 6.07) is 8.85. The Morgan fingerprint density at radius 2 is 1.96 bits per heavy atom. The Morgan fingerprint density at radius 3 is 2.60 bits per heavy atom. The second-order valence-electron chi connectivity index (χ2n) is 6.85. The fraction of sp³-hybridized carbons (Fsp3) is 0.632. The van der Waals surface area contributed by atoms with Gasteiger partial charge in [-0.05, 0) is 39.5 Å². The van der Waals surface area contributed by atoms with Crippen molar-refractivity contribution in [2.24, 2.45) is 10.7 Å². The molecule has 1 aliphatic rings. The van der Waals surface area contributed by atoms with Gasteiger partial charge in [-0.15, -0.1) is 0 Å². The average molecular weight is 348 g/mol. The van der Waals surface area contributed by atoms with E-state index in [9.17, 15) is 0 Å². The predicted molar refractivity (Wildman–Crippen MR) is 104 cm³/mol. The maximum Gasteiger partial charge on any atom is 0.188 e. The lowest BCUT2D eigenvalue weighted by atomic mass is 10.0. The van der Waals surface area contributed by atoms with Crippen LogP contribution in [0.15, 0.2) is 29.3 Å². The van der Waals surface area contributed by atoms with Gasteiger partial charge in [0.2, 0.25) is 0 Å². The number of hydrogen-bond acceptors (Lipinski definition) is 4. The van der Waals surface area contributed by atoms with E-state index < -0.39 is 0 Å². The monoisotopic (exact) mass is 347 g/mol. The van der Waals surface area contributed by atoms with E-state index in [1.165, 1.54) is 11.1 Å². The summed E-state index contributed by atoms with van der Waals surface area (Å²) < 4.78 is 5.36. The Hall–Kier alpha value is -1.63. The lowest BCUT2D eigenvalue weighted by Crippen LogP contribution is -2.39. The smallest absolute Gasteiger partial charge is 0.188 e. The number of hydrogen-bond donors (Lipinski definition) is 2. The standard InChI is InChI=1S/C19H33N5O/c1-16-5-7-17(8-6-16)18(23(2)3)15-22-19(20)21-9-4-10-24-11-13-25-14-12-24/h5-8,18H,4,9-15H2,1-3H3,(H3,20,21,22). The van der Waals surface area contributed by atoms with Crippen LogP contribution in [-0.2, 0) is 4.74 Å². The number of guanidine groups is 1. The molecule has 0 saturated carbocycles. The molecule has 3 N–H and O–H groups in total. The van der Waals surface area contributed by atoms with Crippen molar-refractivity contribution in [3.8, 4) is 0 Å². The Morgan fingerprint density at radius 1 is 1.28 bits per heavy atom. The van der Waals surface area contributed by atoms with Crippen LogP contribution in [-0.4, -0.2) is 75.8 Å². The van der Waals surface area contributed by atoms with Crippen LogP contribution in [0.4, 0.5) is 0 Å². The van der Waals surface area contributed by atoms with E-state index in [4.69, 9.17) is 10.5 Å². The maximum atomic E-state index is 6.03. The minimum absolute atomic E-state index is 0.231. The molecule has 1 aromatic rings. The minimum Gasteiger partial charge on any atom is -0.379 e. The molecule has 1 aliphatic heterocycles. The highest BCUT2D eigenvalue weighted by Gasteiger charge is 2.13. The zero-order chi connectivity index (χ0) is 18.1. The van der Waals surface area contributed by atoms with Gasteiger partial charge in [0.1, 0.15) is 0 Å². The van der Waals surface area contributed by atoms with Crippen LogP contribution in [0.1, 0.15) is 23.6 Å². The van der Waals surface area contributed by atoms with Crippen LogP contribution < -0.4 is 11.1 Å². The average Bonchev–Trinajstić information content (AvgIpc) is 2.61. The van der Waals surface area contributed by atoms with Crippen molar-refractivity contribution in [2.75, 3.05) is 60.0 Å². The highest BCUT2D eigenvalue weighted by atomic mass is 16.5. The highest BCUT2D eigenvalue weighted by Crippen LogP contribution is 2.19. The van der Waals surface area contributed by atoms with Crippen LogP contribution in [0.25, 0.3) is 0 Å². The van der Waals surface area contributed by atoms with Gasteiger partial charge in [0, 0.05) is 19.6 Å². The first-order valence-corrected chi connectivity index (χ1v) is 9.13. The third kappa shape index (κ3) is 7.02. The molecule has 25 heavy (non-hydrogen) atoms. The van der Waals surface area contributed by atoms with Gasteiger partial charge in [-0.25, -0.2) is 0 Å². The topological polar surface area (TPSA) is 66.1 Å². The van der Waals surface area contributed by atoms with Gasteiger partial charge in [0.15, 0.2) is 5.96 Å². The van der Waals surface area contributed by atoms with Crippen molar-refractivity contribution in [3.05, 3.63) is 35.4 Å². The molecule has 0 bridgehead atoms. The Kier molecular flexibility index (Phi) is 8.18. The van der Waals surface area contributed by atoms with E-state index in [0.717, 1.165) is 45.8 Å². The van der Waals surface area contributed by atoms with E-state index >= 15 is 0 Å². The van der Waals surface area contributed by atoms with Crippen LogP contribution in [0, 0.1) is 6.92 Å². The molecule has 1 unspecified atom stereocenters. The number of nitrogens with one attached hydrogen (secondary N) is 1. The molecular formula is C19H33N5O. The summed E-state index contributed by atoms with van der Waals surface area (Å²) in [4.78, 5) is 9.15. The summed E-state index contributed by atoms with van der Waals surface area (Å²) in [7, 11) is 4.15. The predicted octanol–water partition coefficient (Wildman–Crippen LogP) is 1.22. The lowest BCUT2D eigenvalue weighted by Gasteiger charge is -2.26. The lowest BCUT2D eigenvalue weighted by molar-refractivity contribution is 0.0376. The number of ether oxygens (including phenoxy) is 1. The number of morpholine rings is 1. The molecule has 1 saturated heterocycles. The molecule has 0 aromatic heterocycles. The SMILES string of the molecule is Cc1ccc(C(CN=C(N)NCCCN2CCOCC2)N(C)C)cc1. The van der Waals surface area contributed by atoms with E-state index in [1.807, 2.05) is 0 Å². The molecule has 0 aliphatic carbocycles. The van der Waals surface area contributed by atoms with Gasteiger partial charge in [-0.2, -0.15) is 0 Å². The van der Waals surface area contributed by atoms with Crippen molar-refractivity contribution >= 4 is 5.96 Å². The number of rotatable bonds is 8. The molecule has 1 aromatic carbocycles. The second-order valence-corrected chi connectivity index (χ2v) is 6.85. The summed E-state index contributed by atoms with van der Waals surface area (Å²) in [5.74, 6) is 0.529. The molecule has 1 atom stereocenters. The summed E-state index contributed by atoms with van der Waals surface area (Å²) in [5.41, 5.74) is 8.56. The third-order valence-electron chi connectivity index (χ3n) is 4.58. The molecule has 140 valence electrons. The summed E-state index contributed by atoms with van der Waals surface area (Å²) in [6.45, 7) is 8.44. The van der Waals surface area contributed by atoms with E-state index in [-0.39, 0.29) is 6.04 Å². The molecule has 0 radical (unpaired) electrons. The normalized spacial score (nSPS) is 17.7. The first-order chi connectivity index (χ1) is 12.1. The first-order valence-electron chi connectivity index (χ1n) is 9.13. The molecule has 1 heterocycles. The number of nitrogens with zero attached hydrogens (tertiary/aromatic N) is 3. The number of nitrogens with two attached hydrogens (primary N) is 1. The Bertz CT molecular complexity index is 523. The van der Waals surface area contributed by atoms with Gasteiger partial charge in [-0.1, -0.05) is 29.8 Å². The second kappa shape index (κ2) is 10.4. The van der Waals surface area contributed by atoms with Crippen LogP contribution in [0.5, 0.6) is 0 Å². The van der Waals surface area contributed by atoms with E-state index in [0.29, 0.717) is 12.5 Å². The van der Waals surface area contributed by atoms with Crippen molar-refractivity contribution < 1.29 is 4.74 Å². The van der Waals surface area contributed by atoms with Crippen molar-refractivity contribution in [1.82, 2.24) is 15.1 Å². The maximum absolute atomic E-state index is 6.03. The van der Waals surface area contributed by atoms with Crippen molar-refractivity contribution in [1.29, 1.82) is 0 Å². The van der Waals surface area contributed by atoms with Gasteiger partial charge >= 0.3 is 0 Å². The van der Waals surface area contributed by atoms with E-state index in [2.05, 4.69) is 65.4 Å². The van der Waals surface area contributed by atoms with Gasteiger partial charge < -0.3 is 20.7 Å². The van der Waals surface area contributed by atoms with Crippen molar-refractivity contribution in [2.45, 2.75) is 19.4 Å². The first kappa shape index (κ1) is 19.7. The third-order valence-corrected chi connectivity index (χ3v) is 4.58. The molecule has 6 heteroatoms. The van der Waals surface area contributed by atoms with Gasteiger partial charge in [0.25, 0.3) is 0 Å². The fourth-order valence-corrected chi connectivity index (χ4v) is 2.94. The summed E-state index contributed by atoms with van der Waals surface area (Å²) >= 11 is 0. The number of benzene rings is 1. The van der Waals surface area contributed by atoms with Crippen LogP contribution >= 0.6 is 0 Å². The summed E-state index contributed by atoms with van der Waals surface area (Å²) in [6.07, 6.45) is 1.06. The molecule has 0 spiro atoms. The molecule has 1 fully saturated rings. The molecule has 2 rings (SSSR count). The van der Waals surface area contributed by atoms with Crippen molar-refractivity contribution in [3.63, 3.8) is 0 Å². The van der Waals surface area contributed by atoms with E-state index in [1.54, 1.807) is 0 Å². The molecule has 6 nitrogen and oxygen atoms in total. The zero-order valence-electron chi connectivity index (χ0n) is 15.9. The molecular weight excluding hydrogens is 314 g/mol. The van der Waals surface area contributed by atoms with Gasteiger partial charge in [0.05, 0.1) is 25.8 Å². The van der Waals surface area contributed by atoms with Crippen LogP contribution in [0.2, 0.25) is 0 Å². The largest absolute Gasteiger partial charge is 0.379 e. The van der Waals surface area contributed by atoms with Gasteiger partial charge in [-0.3, -0.25) is 9.89 Å². The number of aliphatic imine (C=N–C) groups is 1. The fourth-order valence-electron chi connectivity index (χ4n) is 2.94. The highest BCUT2D eigenvalue weighted by molar-refractivity contribution is 5.77. The Balaban J connectivity index is 1.74. The molecule has 0 amide bonds. The quantitative estimate of drug-likeness (QED) is 0.421. The zero-order valence-corrected chi connectivity index (χ0v) is 15.9. The minimum atomic E-state index is 0.231.